The van der Waals surface area contributed by atoms with Gasteiger partial charge in [0.2, 0.25) is 0 Å². The van der Waals surface area contributed by atoms with Crippen LogP contribution in [0.3, 0.4) is 0 Å². The number of hydrazine groups is 2. The summed E-state index contributed by atoms with van der Waals surface area (Å²) < 4.78 is 0. The molecule has 2 aliphatic heterocycles. The highest BCUT2D eigenvalue weighted by Gasteiger charge is 2.56. The molecule has 0 saturated carbocycles. The van der Waals surface area contributed by atoms with Gasteiger partial charge < -0.3 is 0 Å². The van der Waals surface area contributed by atoms with Gasteiger partial charge in [-0.05, 0) is 12.1 Å². The number of rotatable bonds is 7. The fourth-order valence-electron chi connectivity index (χ4n) is 3.84. The molecule has 0 radical (unpaired) electrons. The molecule has 2 heterocycles. The molecule has 2 unspecified atom stereocenters. The van der Waals surface area contributed by atoms with E-state index in [1.54, 1.807) is 0 Å². The van der Waals surface area contributed by atoms with E-state index in [1.165, 1.54) is 0 Å². The van der Waals surface area contributed by atoms with E-state index in [0.717, 1.165) is 24.3 Å². The first-order valence-electron chi connectivity index (χ1n) is 9.98. The predicted octanol–water partition coefficient (Wildman–Crippen LogP) is 0.00760. The molecule has 2 N–H and O–H groups in total. The van der Waals surface area contributed by atoms with Crippen LogP contribution in [0, 0.1) is 52.3 Å². The zero-order valence-corrected chi connectivity index (χ0v) is 18.2. The zero-order chi connectivity index (χ0) is 28.0. The minimum absolute atomic E-state index is 0.354. The molecule has 194 valence electrons. The summed E-state index contributed by atoms with van der Waals surface area (Å²) in [6, 6.07) is 4.31. The molecule has 2 aromatic carbocycles. The molecule has 0 bridgehead atoms. The Morgan fingerprint density at radius 3 is 1.21 bits per heavy atom. The molecule has 2 atom stereocenters. The maximum absolute atomic E-state index is 13.1. The summed E-state index contributed by atoms with van der Waals surface area (Å²) in [6.45, 7) is 0. The van der Waals surface area contributed by atoms with Crippen LogP contribution in [0.2, 0.25) is 0 Å². The molecule has 2 aliphatic rings. The van der Waals surface area contributed by atoms with Crippen molar-refractivity contribution in [2.24, 2.45) is 11.8 Å². The van der Waals surface area contributed by atoms with E-state index in [-0.39, 0.29) is 0 Å². The van der Waals surface area contributed by atoms with Crippen LogP contribution in [0.15, 0.2) is 36.4 Å². The van der Waals surface area contributed by atoms with Crippen LogP contribution in [-0.2, 0) is 19.2 Å². The molecular formula is C18H10N8O12. The number of nitrogens with one attached hydrogen (secondary N) is 2. The van der Waals surface area contributed by atoms with E-state index in [9.17, 15) is 59.6 Å². The monoisotopic (exact) mass is 530 g/mol. The molecule has 2 aromatic rings. The molecule has 2 fully saturated rings. The second kappa shape index (κ2) is 8.85. The van der Waals surface area contributed by atoms with Gasteiger partial charge in [-0.25, -0.2) is 10.0 Å². The largest absolute Gasteiger partial charge is 0.301 e. The van der Waals surface area contributed by atoms with Gasteiger partial charge in [0, 0.05) is 12.1 Å². The Labute approximate surface area is 206 Å². The van der Waals surface area contributed by atoms with Crippen molar-refractivity contribution >= 4 is 57.8 Å². The van der Waals surface area contributed by atoms with Crippen LogP contribution in [0.1, 0.15) is 0 Å². The Morgan fingerprint density at radius 1 is 0.579 bits per heavy atom. The number of nitrogens with zero attached hydrogens (tertiary/aromatic N) is 6. The Bertz CT molecular complexity index is 1390. The highest BCUT2D eigenvalue weighted by atomic mass is 16.6. The number of anilines is 2. The molecule has 0 aromatic heterocycles. The summed E-state index contributed by atoms with van der Waals surface area (Å²) in [7, 11) is 0. The molecular weight excluding hydrogens is 520 g/mol. The highest BCUT2D eigenvalue weighted by molar-refractivity contribution is 6.25. The summed E-state index contributed by atoms with van der Waals surface area (Å²) in [5.41, 5.74) is -0.537. The van der Waals surface area contributed by atoms with Crippen LogP contribution >= 0.6 is 0 Å². The summed E-state index contributed by atoms with van der Waals surface area (Å²) in [6.07, 6.45) is 0. The van der Waals surface area contributed by atoms with Gasteiger partial charge in [0.1, 0.15) is 23.2 Å². The number of hydrogen-bond acceptors (Lipinski definition) is 12. The number of carbonyl (C=O) groups is 4. The van der Waals surface area contributed by atoms with Gasteiger partial charge in [-0.3, -0.25) is 70.5 Å². The van der Waals surface area contributed by atoms with Crippen LogP contribution < -0.4 is 20.9 Å². The van der Waals surface area contributed by atoms with Gasteiger partial charge in [-0.1, -0.05) is 0 Å². The van der Waals surface area contributed by atoms with E-state index in [1.807, 2.05) is 10.9 Å². The Kier molecular flexibility index (Phi) is 5.83. The second-order valence-electron chi connectivity index (χ2n) is 7.63. The van der Waals surface area contributed by atoms with Crippen molar-refractivity contribution in [2.45, 2.75) is 0 Å². The third kappa shape index (κ3) is 3.92. The maximum atomic E-state index is 13.1. The van der Waals surface area contributed by atoms with Crippen molar-refractivity contribution in [3.05, 3.63) is 76.9 Å². The molecule has 2 saturated heterocycles. The number of benzene rings is 2. The lowest BCUT2D eigenvalue weighted by Crippen LogP contribution is -2.38. The van der Waals surface area contributed by atoms with E-state index >= 15 is 0 Å². The van der Waals surface area contributed by atoms with Crippen LogP contribution in [0.4, 0.5) is 34.1 Å². The lowest BCUT2D eigenvalue weighted by molar-refractivity contribution is -0.394. The van der Waals surface area contributed by atoms with Crippen molar-refractivity contribution in [1.29, 1.82) is 0 Å². The number of amides is 4. The van der Waals surface area contributed by atoms with Gasteiger partial charge in [-0.15, -0.1) is 0 Å². The van der Waals surface area contributed by atoms with E-state index < -0.39 is 89.3 Å². The van der Waals surface area contributed by atoms with Gasteiger partial charge in [0.05, 0.1) is 31.8 Å². The minimum atomic E-state index is -2.08. The Balaban J connectivity index is 1.69. The van der Waals surface area contributed by atoms with E-state index in [2.05, 4.69) is 0 Å². The predicted molar refractivity (Wildman–Crippen MR) is 118 cm³/mol. The molecule has 0 spiro atoms. The van der Waals surface area contributed by atoms with E-state index in [0.29, 0.717) is 22.2 Å². The molecule has 20 nitrogen and oxygen atoms in total. The maximum Gasteiger partial charge on any atom is 0.301 e. The lowest BCUT2D eigenvalue weighted by Gasteiger charge is -2.16. The minimum Gasteiger partial charge on any atom is -0.272 e. The highest BCUT2D eigenvalue weighted by Crippen LogP contribution is 2.38. The third-order valence-electron chi connectivity index (χ3n) is 5.53. The first-order chi connectivity index (χ1) is 17.8. The van der Waals surface area contributed by atoms with Gasteiger partial charge in [0.25, 0.3) is 35.0 Å². The first-order valence-corrected chi connectivity index (χ1v) is 9.98. The van der Waals surface area contributed by atoms with E-state index in [4.69, 9.17) is 0 Å². The fourth-order valence-corrected chi connectivity index (χ4v) is 3.84. The third-order valence-corrected chi connectivity index (χ3v) is 5.53. The summed E-state index contributed by atoms with van der Waals surface area (Å²) in [5.74, 6) is -9.26. The van der Waals surface area contributed by atoms with Crippen LogP contribution in [0.25, 0.3) is 0 Å². The summed E-state index contributed by atoms with van der Waals surface area (Å²) in [4.78, 5) is 92.3. The quantitative estimate of drug-likeness (QED) is 0.272. The molecule has 38 heavy (non-hydrogen) atoms. The summed E-state index contributed by atoms with van der Waals surface area (Å²) >= 11 is 0. The second-order valence-corrected chi connectivity index (χ2v) is 7.63. The van der Waals surface area contributed by atoms with Gasteiger partial charge >= 0.3 is 11.4 Å². The lowest BCUT2D eigenvalue weighted by atomic mass is 9.91. The molecule has 4 rings (SSSR count). The van der Waals surface area contributed by atoms with Crippen LogP contribution in [0.5, 0.6) is 0 Å². The summed E-state index contributed by atoms with van der Waals surface area (Å²) in [5, 5.41) is 45.5. The van der Waals surface area contributed by atoms with Crippen LogP contribution in [-0.4, -0.2) is 43.3 Å². The number of carbonyl (C=O) groups excluding carboxylic acids is 4. The normalized spacial score (nSPS) is 18.8. The van der Waals surface area contributed by atoms with Crippen molar-refractivity contribution < 1.29 is 38.9 Å². The average Bonchev–Trinajstić information content (AvgIpc) is 3.31. The van der Waals surface area contributed by atoms with Crippen molar-refractivity contribution in [3.63, 3.8) is 0 Å². The SMILES string of the molecule is O=C1NN(c2ccc([N+](=O)[O-])cc2[N+](=O)[O-])C(=O)C1C1C(=O)NN(c2ccc([N+](=O)[O-])cc2[N+](=O)[O-])C1=O. The smallest absolute Gasteiger partial charge is 0.272 e. The number of nitro groups is 4. The molecule has 0 aliphatic carbocycles. The average molecular weight is 530 g/mol. The van der Waals surface area contributed by atoms with Crippen molar-refractivity contribution in [2.75, 3.05) is 10.0 Å². The number of hydrogen-bond donors (Lipinski definition) is 2. The Hall–Kier alpha value is -6.08. The molecule has 4 amide bonds. The molecule has 20 heteroatoms. The zero-order valence-electron chi connectivity index (χ0n) is 18.2. The topological polar surface area (TPSA) is 271 Å². The number of nitro benzene ring substituents is 4. The number of non-ortho nitro benzene ring substituents is 2. The standard InChI is InChI=1S/C18H10N8O12/c27-15-13(17(29)21(19-15)9-3-1-7(23(31)32)5-11(9)25(35)36)14-16(28)20-22(18(14)30)10-4-2-8(24(33)34)6-12(10)26(37)38/h1-6,13-14H,(H,19,27)(H,20,28). The Morgan fingerprint density at radius 2 is 0.921 bits per heavy atom. The van der Waals surface area contributed by atoms with Crippen molar-refractivity contribution in [1.82, 2.24) is 10.9 Å². The van der Waals surface area contributed by atoms with Crippen molar-refractivity contribution in [3.8, 4) is 0 Å². The van der Waals surface area contributed by atoms with Gasteiger partial charge in [-0.2, -0.15) is 0 Å². The fraction of sp³-hybridized carbons (Fsp3) is 0.111. The first kappa shape index (κ1) is 25.0. The van der Waals surface area contributed by atoms with Gasteiger partial charge in [0.15, 0.2) is 0 Å².